The lowest BCUT2D eigenvalue weighted by molar-refractivity contribution is 0.0586. The molecule has 22 heavy (non-hydrogen) atoms. The first-order chi connectivity index (χ1) is 10.2. The number of aliphatic hydroxyl groups excluding tert-OH is 1. The maximum Gasteiger partial charge on any atom is 0.253 e. The number of nitrogens with zero attached hydrogens (tertiary/aromatic N) is 1. The molecule has 1 heterocycles. The fourth-order valence-corrected chi connectivity index (χ4v) is 2.06. The van der Waals surface area contributed by atoms with Gasteiger partial charge in [-0.05, 0) is 30.5 Å². The van der Waals surface area contributed by atoms with E-state index in [0.29, 0.717) is 22.2 Å². The van der Waals surface area contributed by atoms with Gasteiger partial charge >= 0.3 is 0 Å². The molecule has 1 aromatic carbocycles. The summed E-state index contributed by atoms with van der Waals surface area (Å²) >= 11 is 0. The Bertz CT molecular complexity index is 708. The fourth-order valence-electron chi connectivity index (χ4n) is 2.06. The summed E-state index contributed by atoms with van der Waals surface area (Å²) in [6, 6.07) is 5.96. The Morgan fingerprint density at radius 1 is 1.36 bits per heavy atom. The van der Waals surface area contributed by atoms with E-state index in [1.165, 1.54) is 12.1 Å². The highest BCUT2D eigenvalue weighted by molar-refractivity contribution is 5.98. The number of fused-ring (bicyclic) bond motifs is 1. The molecule has 0 saturated carbocycles. The van der Waals surface area contributed by atoms with Crippen LogP contribution in [0.15, 0.2) is 24.3 Å². The van der Waals surface area contributed by atoms with Crippen molar-refractivity contribution in [3.8, 4) is 0 Å². The number of nitrogens with one attached hydrogen (secondary N) is 1. The highest BCUT2D eigenvalue weighted by atomic mass is 19.1. The zero-order valence-electron chi connectivity index (χ0n) is 13.3. The standard InChI is InChI=1S/C17H21FN2O2/c1-10-13(16(22)19-9-15(21)17(2,3)4)7-11-5-6-12(18)8-14(11)20-10/h5-8,15,21H,9H2,1-4H3,(H,19,22). The highest BCUT2D eigenvalue weighted by Gasteiger charge is 2.23. The Morgan fingerprint density at radius 2 is 2.05 bits per heavy atom. The van der Waals surface area contributed by atoms with Crippen LogP contribution in [0.2, 0.25) is 0 Å². The third kappa shape index (κ3) is 3.60. The maximum atomic E-state index is 13.2. The summed E-state index contributed by atoms with van der Waals surface area (Å²) in [6.45, 7) is 7.59. The normalized spacial score (nSPS) is 13.2. The van der Waals surface area contributed by atoms with E-state index in [1.54, 1.807) is 19.1 Å². The molecule has 2 aromatic rings. The van der Waals surface area contributed by atoms with Gasteiger partial charge in [0.05, 0.1) is 22.9 Å². The molecular weight excluding hydrogens is 283 g/mol. The van der Waals surface area contributed by atoms with Gasteiger partial charge in [0.25, 0.3) is 5.91 Å². The van der Waals surface area contributed by atoms with Crippen LogP contribution in [0.3, 0.4) is 0 Å². The smallest absolute Gasteiger partial charge is 0.253 e. The van der Waals surface area contributed by atoms with E-state index in [1.807, 2.05) is 20.8 Å². The second kappa shape index (κ2) is 6.01. The molecule has 0 aliphatic carbocycles. The molecule has 0 aliphatic rings. The fraction of sp³-hybridized carbons (Fsp3) is 0.412. The molecule has 1 atom stereocenters. The number of aliphatic hydroxyl groups is 1. The number of halogens is 1. The van der Waals surface area contributed by atoms with Crippen LogP contribution in [0.25, 0.3) is 10.9 Å². The van der Waals surface area contributed by atoms with Crippen molar-refractivity contribution in [2.45, 2.75) is 33.8 Å². The van der Waals surface area contributed by atoms with Crippen LogP contribution in [0.4, 0.5) is 4.39 Å². The van der Waals surface area contributed by atoms with Gasteiger partial charge in [0.2, 0.25) is 0 Å². The molecule has 2 N–H and O–H groups in total. The quantitative estimate of drug-likeness (QED) is 0.916. The number of benzene rings is 1. The van der Waals surface area contributed by atoms with Crippen LogP contribution in [0, 0.1) is 18.2 Å². The van der Waals surface area contributed by atoms with E-state index in [4.69, 9.17) is 0 Å². The lowest BCUT2D eigenvalue weighted by Crippen LogP contribution is -2.39. The number of hydrogen-bond acceptors (Lipinski definition) is 3. The summed E-state index contributed by atoms with van der Waals surface area (Å²) in [5, 5.41) is 13.4. The Kier molecular flexibility index (Phi) is 4.47. The van der Waals surface area contributed by atoms with Crippen molar-refractivity contribution >= 4 is 16.8 Å². The summed E-state index contributed by atoms with van der Waals surface area (Å²) in [5.41, 5.74) is 1.17. The number of aryl methyl sites for hydroxylation is 1. The Labute approximate surface area is 129 Å². The number of aromatic nitrogens is 1. The van der Waals surface area contributed by atoms with Crippen LogP contribution in [0.5, 0.6) is 0 Å². The number of hydrogen-bond donors (Lipinski definition) is 2. The molecule has 0 aliphatic heterocycles. The number of amides is 1. The second-order valence-electron chi connectivity index (χ2n) is 6.55. The summed E-state index contributed by atoms with van der Waals surface area (Å²) in [4.78, 5) is 16.5. The zero-order valence-corrected chi connectivity index (χ0v) is 13.3. The van der Waals surface area contributed by atoms with E-state index >= 15 is 0 Å². The lowest BCUT2D eigenvalue weighted by atomic mass is 9.89. The number of carbonyl (C=O) groups excluding carboxylic acids is 1. The van der Waals surface area contributed by atoms with Crippen LogP contribution < -0.4 is 5.32 Å². The summed E-state index contributed by atoms with van der Waals surface area (Å²) in [5.74, 6) is -0.649. The first-order valence-corrected chi connectivity index (χ1v) is 7.21. The molecule has 0 radical (unpaired) electrons. The van der Waals surface area contributed by atoms with E-state index < -0.39 is 6.10 Å². The van der Waals surface area contributed by atoms with Crippen LogP contribution in [0.1, 0.15) is 36.8 Å². The summed E-state index contributed by atoms with van der Waals surface area (Å²) in [7, 11) is 0. The van der Waals surface area contributed by atoms with Gasteiger partial charge in [-0.25, -0.2) is 4.39 Å². The van der Waals surface area contributed by atoms with Crippen molar-refractivity contribution in [1.29, 1.82) is 0 Å². The lowest BCUT2D eigenvalue weighted by Gasteiger charge is -2.26. The number of pyridine rings is 1. The van der Waals surface area contributed by atoms with Gasteiger partial charge in [0, 0.05) is 18.0 Å². The molecular formula is C17H21FN2O2. The minimum Gasteiger partial charge on any atom is -0.391 e. The molecule has 0 spiro atoms. The Morgan fingerprint density at radius 3 is 2.68 bits per heavy atom. The number of rotatable bonds is 3. The van der Waals surface area contributed by atoms with Gasteiger partial charge in [-0.15, -0.1) is 0 Å². The molecule has 118 valence electrons. The Balaban J connectivity index is 2.21. The molecule has 4 nitrogen and oxygen atoms in total. The molecule has 1 unspecified atom stereocenters. The zero-order chi connectivity index (χ0) is 16.5. The van der Waals surface area contributed by atoms with E-state index in [9.17, 15) is 14.3 Å². The predicted octanol–water partition coefficient (Wildman–Crippen LogP) is 2.82. The molecule has 2 rings (SSSR count). The molecule has 5 heteroatoms. The molecule has 0 bridgehead atoms. The first-order valence-electron chi connectivity index (χ1n) is 7.21. The first kappa shape index (κ1) is 16.4. The second-order valence-corrected chi connectivity index (χ2v) is 6.55. The summed E-state index contributed by atoms with van der Waals surface area (Å²) in [6.07, 6.45) is -0.640. The van der Waals surface area contributed by atoms with E-state index in [-0.39, 0.29) is 23.7 Å². The summed E-state index contributed by atoms with van der Waals surface area (Å²) < 4.78 is 13.2. The third-order valence-electron chi connectivity index (χ3n) is 3.67. The van der Waals surface area contributed by atoms with Crippen molar-refractivity contribution in [3.05, 3.63) is 41.3 Å². The predicted molar refractivity (Wildman–Crippen MR) is 84.2 cm³/mol. The van der Waals surface area contributed by atoms with Gasteiger partial charge in [0.1, 0.15) is 5.82 Å². The van der Waals surface area contributed by atoms with Gasteiger partial charge < -0.3 is 10.4 Å². The molecule has 1 amide bonds. The molecule has 0 saturated heterocycles. The third-order valence-corrected chi connectivity index (χ3v) is 3.67. The molecule has 1 aromatic heterocycles. The average Bonchev–Trinajstić information content (AvgIpc) is 2.42. The van der Waals surface area contributed by atoms with Gasteiger partial charge in [-0.1, -0.05) is 20.8 Å². The topological polar surface area (TPSA) is 62.2 Å². The van der Waals surface area contributed by atoms with Crippen molar-refractivity contribution < 1.29 is 14.3 Å². The molecule has 0 fully saturated rings. The largest absolute Gasteiger partial charge is 0.391 e. The minimum absolute atomic E-state index is 0.170. The van der Waals surface area contributed by atoms with Crippen molar-refractivity contribution in [3.63, 3.8) is 0 Å². The maximum absolute atomic E-state index is 13.2. The minimum atomic E-state index is -0.640. The number of carbonyl (C=O) groups is 1. The monoisotopic (exact) mass is 304 g/mol. The SMILES string of the molecule is Cc1nc2cc(F)ccc2cc1C(=O)NCC(O)C(C)(C)C. The van der Waals surface area contributed by atoms with E-state index in [0.717, 1.165) is 0 Å². The highest BCUT2D eigenvalue weighted by Crippen LogP contribution is 2.20. The van der Waals surface area contributed by atoms with Crippen molar-refractivity contribution in [2.75, 3.05) is 6.54 Å². The van der Waals surface area contributed by atoms with Crippen LogP contribution in [-0.4, -0.2) is 28.6 Å². The van der Waals surface area contributed by atoms with Gasteiger partial charge in [-0.3, -0.25) is 9.78 Å². The van der Waals surface area contributed by atoms with E-state index in [2.05, 4.69) is 10.3 Å². The van der Waals surface area contributed by atoms with Gasteiger partial charge in [-0.2, -0.15) is 0 Å². The van der Waals surface area contributed by atoms with Crippen molar-refractivity contribution in [1.82, 2.24) is 10.3 Å². The van der Waals surface area contributed by atoms with Gasteiger partial charge in [0.15, 0.2) is 0 Å². The van der Waals surface area contributed by atoms with Crippen LogP contribution >= 0.6 is 0 Å². The average molecular weight is 304 g/mol. The Hall–Kier alpha value is -2.01. The van der Waals surface area contributed by atoms with Crippen molar-refractivity contribution in [2.24, 2.45) is 5.41 Å². The van der Waals surface area contributed by atoms with Crippen LogP contribution in [-0.2, 0) is 0 Å².